The average Bonchev–Trinajstić information content (AvgIpc) is 2.11. The van der Waals surface area contributed by atoms with E-state index in [0.29, 0.717) is 0 Å². The molecule has 106 valence electrons. The van der Waals surface area contributed by atoms with Gasteiger partial charge >= 0.3 is 12.1 Å². The summed E-state index contributed by atoms with van der Waals surface area (Å²) in [5, 5.41) is 10.3. The van der Waals surface area contributed by atoms with Crippen LogP contribution in [-0.4, -0.2) is 29.3 Å². The maximum atomic E-state index is 10.8. The maximum absolute atomic E-state index is 10.8. The second kappa shape index (κ2) is 7.95. The minimum Gasteiger partial charge on any atom is -0.480 e. The summed E-state index contributed by atoms with van der Waals surface area (Å²) in [5.74, 6) is 0.0193. The van der Waals surface area contributed by atoms with Crippen molar-refractivity contribution in [2.24, 2.45) is 5.92 Å². The zero-order valence-electron chi connectivity index (χ0n) is 11.8. The van der Waals surface area contributed by atoms with Crippen molar-refractivity contribution in [3.8, 4) is 0 Å². The number of carboxylic acid groups (broad SMARTS) is 1. The van der Waals surface area contributed by atoms with E-state index in [0.717, 1.165) is 5.92 Å². The zero-order valence-corrected chi connectivity index (χ0v) is 11.8. The van der Waals surface area contributed by atoms with Gasteiger partial charge in [0, 0.05) is 0 Å². The van der Waals surface area contributed by atoms with Gasteiger partial charge in [0.25, 0.3) is 0 Å². The van der Waals surface area contributed by atoms with Crippen LogP contribution in [0.3, 0.4) is 0 Å². The molecule has 2 N–H and O–H groups in total. The van der Waals surface area contributed by atoms with Crippen LogP contribution in [0.2, 0.25) is 0 Å². The number of carbonyl (C=O) groups excluding carboxylic acids is 1. The molecule has 1 fully saturated rings. The van der Waals surface area contributed by atoms with E-state index in [2.05, 4.69) is 12.2 Å². The fraction of sp³-hybridized carbons (Fsp3) is 0.846. The van der Waals surface area contributed by atoms with Crippen LogP contribution >= 0.6 is 0 Å². The summed E-state index contributed by atoms with van der Waals surface area (Å²) in [4.78, 5) is 20.8. The normalized spacial score (nSPS) is 14.9. The number of aliphatic carboxylic acids is 1. The Morgan fingerprint density at radius 1 is 1.33 bits per heavy atom. The molecule has 0 aliphatic heterocycles. The zero-order chi connectivity index (χ0) is 14.2. The number of hydrogen-bond donors (Lipinski definition) is 2. The Hall–Kier alpha value is -1.26. The largest absolute Gasteiger partial charge is 0.480 e. The molecule has 5 heteroatoms. The van der Waals surface area contributed by atoms with Gasteiger partial charge in [0.1, 0.15) is 12.1 Å². The lowest BCUT2D eigenvalue weighted by atomic mass is 9.84. The monoisotopic (exact) mass is 259 g/mol. The molecule has 0 atom stereocenters. The van der Waals surface area contributed by atoms with Crippen LogP contribution in [0.15, 0.2) is 0 Å². The molecule has 1 rings (SSSR count). The maximum Gasteiger partial charge on any atom is 0.408 e. The van der Waals surface area contributed by atoms with Crippen molar-refractivity contribution in [1.29, 1.82) is 0 Å². The molecule has 1 aliphatic rings. The van der Waals surface area contributed by atoms with Crippen molar-refractivity contribution in [2.75, 3.05) is 6.54 Å². The number of carbonyl (C=O) groups is 2. The first-order valence-corrected chi connectivity index (χ1v) is 6.43. The minimum absolute atomic E-state index is 0.422. The van der Waals surface area contributed by atoms with Gasteiger partial charge in [-0.05, 0) is 26.7 Å². The van der Waals surface area contributed by atoms with Crippen molar-refractivity contribution in [3.63, 3.8) is 0 Å². The molecule has 0 aromatic carbocycles. The highest BCUT2D eigenvalue weighted by atomic mass is 16.6. The van der Waals surface area contributed by atoms with E-state index in [4.69, 9.17) is 9.84 Å². The van der Waals surface area contributed by atoms with Crippen molar-refractivity contribution in [1.82, 2.24) is 5.32 Å². The Kier molecular flexibility index (Phi) is 7.39. The van der Waals surface area contributed by atoms with Gasteiger partial charge in [0.05, 0.1) is 0 Å². The van der Waals surface area contributed by atoms with Crippen molar-refractivity contribution < 1.29 is 19.4 Å². The highest BCUT2D eigenvalue weighted by Gasteiger charge is 2.16. The number of carboxylic acids is 1. The van der Waals surface area contributed by atoms with Crippen molar-refractivity contribution >= 4 is 12.1 Å². The predicted octanol–water partition coefficient (Wildman–Crippen LogP) is 2.79. The summed E-state index contributed by atoms with van der Waals surface area (Å²) >= 11 is 0. The molecule has 0 heterocycles. The van der Waals surface area contributed by atoms with E-state index in [9.17, 15) is 9.59 Å². The fourth-order valence-corrected chi connectivity index (χ4v) is 1.36. The Bertz CT molecular complexity index is 264. The van der Waals surface area contributed by atoms with E-state index in [-0.39, 0.29) is 0 Å². The summed E-state index contributed by atoms with van der Waals surface area (Å²) in [7, 11) is 0. The first kappa shape index (κ1) is 16.7. The van der Waals surface area contributed by atoms with Gasteiger partial charge in [-0.2, -0.15) is 0 Å². The molecule has 0 aromatic rings. The molecule has 5 nitrogen and oxygen atoms in total. The second-order valence-electron chi connectivity index (χ2n) is 5.45. The van der Waals surface area contributed by atoms with Crippen LogP contribution in [0, 0.1) is 5.92 Å². The van der Waals surface area contributed by atoms with Gasteiger partial charge in [-0.15, -0.1) is 0 Å². The minimum atomic E-state index is -1.10. The molecular formula is C13H25NO4. The summed E-state index contributed by atoms with van der Waals surface area (Å²) in [6.45, 7) is 6.97. The molecule has 0 aromatic heterocycles. The van der Waals surface area contributed by atoms with Gasteiger partial charge in [0.2, 0.25) is 0 Å². The van der Waals surface area contributed by atoms with Gasteiger partial charge in [-0.1, -0.05) is 32.6 Å². The number of ether oxygens (including phenoxy) is 1. The lowest BCUT2D eigenvalue weighted by Gasteiger charge is -2.22. The second-order valence-corrected chi connectivity index (χ2v) is 5.45. The molecule has 0 saturated heterocycles. The highest BCUT2D eigenvalue weighted by Crippen LogP contribution is 2.28. The molecule has 1 saturated carbocycles. The number of amides is 1. The number of rotatable bonds is 3. The number of nitrogens with one attached hydrogen (secondary N) is 1. The van der Waals surface area contributed by atoms with Crippen molar-refractivity contribution in [2.45, 2.75) is 59.0 Å². The number of hydrogen-bond acceptors (Lipinski definition) is 3. The molecule has 1 amide bonds. The van der Waals surface area contributed by atoms with Gasteiger partial charge in [-0.25, -0.2) is 4.79 Å². The Morgan fingerprint density at radius 3 is 2.11 bits per heavy atom. The topological polar surface area (TPSA) is 75.6 Å². The summed E-state index contributed by atoms with van der Waals surface area (Å²) < 4.78 is 4.77. The van der Waals surface area contributed by atoms with Crippen LogP contribution in [0.25, 0.3) is 0 Å². The molecule has 1 aliphatic carbocycles. The predicted molar refractivity (Wildman–Crippen MR) is 69.5 cm³/mol. The first-order chi connectivity index (χ1) is 8.24. The van der Waals surface area contributed by atoms with Gasteiger partial charge in [-0.3, -0.25) is 4.79 Å². The van der Waals surface area contributed by atoms with E-state index in [1.165, 1.54) is 25.7 Å². The van der Waals surface area contributed by atoms with Gasteiger partial charge < -0.3 is 15.2 Å². The van der Waals surface area contributed by atoms with E-state index >= 15 is 0 Å². The molecular weight excluding hydrogens is 234 g/mol. The van der Waals surface area contributed by atoms with Gasteiger partial charge in [0.15, 0.2) is 0 Å². The Labute approximate surface area is 109 Å². The highest BCUT2D eigenvalue weighted by molar-refractivity contribution is 5.76. The fourth-order valence-electron chi connectivity index (χ4n) is 1.36. The Balaban J connectivity index is 0.000000397. The third-order valence-electron chi connectivity index (χ3n) is 2.58. The van der Waals surface area contributed by atoms with Crippen LogP contribution < -0.4 is 5.32 Å². The van der Waals surface area contributed by atoms with Crippen LogP contribution in [0.5, 0.6) is 0 Å². The van der Waals surface area contributed by atoms with E-state index < -0.39 is 24.2 Å². The standard InChI is InChI=1S/C7H13NO4.C6H12/c1-7(2,3)12-6(11)8-4-5(9)10;1-2-6-4-3-5-6/h4H2,1-3H3,(H,8,11)(H,9,10);6H,2-5H2,1H3. The Morgan fingerprint density at radius 2 is 1.89 bits per heavy atom. The summed E-state index contributed by atoms with van der Waals surface area (Å²) in [6.07, 6.45) is 5.22. The third-order valence-corrected chi connectivity index (χ3v) is 2.58. The molecule has 0 bridgehead atoms. The average molecular weight is 259 g/mol. The first-order valence-electron chi connectivity index (χ1n) is 6.43. The molecule has 18 heavy (non-hydrogen) atoms. The van der Waals surface area contributed by atoms with Crippen LogP contribution in [0.1, 0.15) is 53.4 Å². The van der Waals surface area contributed by atoms with Crippen LogP contribution in [-0.2, 0) is 9.53 Å². The summed E-state index contributed by atoms with van der Waals surface area (Å²) in [5.41, 5.74) is -0.595. The molecule has 0 radical (unpaired) electrons. The third kappa shape index (κ3) is 9.93. The van der Waals surface area contributed by atoms with Crippen molar-refractivity contribution in [3.05, 3.63) is 0 Å². The van der Waals surface area contributed by atoms with E-state index in [1.54, 1.807) is 20.8 Å². The molecule has 0 unspecified atom stereocenters. The smallest absolute Gasteiger partial charge is 0.408 e. The quantitative estimate of drug-likeness (QED) is 0.817. The van der Waals surface area contributed by atoms with Crippen LogP contribution in [0.4, 0.5) is 4.79 Å². The number of alkyl carbamates (subject to hydrolysis) is 1. The SMILES string of the molecule is CC(C)(C)OC(=O)NCC(=O)O.CCC1CCC1. The summed E-state index contributed by atoms with van der Waals surface area (Å²) in [6, 6.07) is 0. The molecule has 0 spiro atoms. The lowest BCUT2D eigenvalue weighted by molar-refractivity contribution is -0.136. The lowest BCUT2D eigenvalue weighted by Crippen LogP contribution is -2.35. The van der Waals surface area contributed by atoms with E-state index in [1.807, 2.05) is 0 Å².